The molecule has 0 radical (unpaired) electrons. The van der Waals surface area contributed by atoms with E-state index in [0.29, 0.717) is 11.1 Å². The van der Waals surface area contributed by atoms with Crippen LogP contribution in [0.15, 0.2) is 84.9 Å². The Morgan fingerprint density at radius 2 is 1.60 bits per heavy atom. The molecule has 35 heavy (non-hydrogen) atoms. The van der Waals surface area contributed by atoms with Gasteiger partial charge in [-0.05, 0) is 71.1 Å². The van der Waals surface area contributed by atoms with Crippen molar-refractivity contribution < 1.29 is 9.59 Å². The summed E-state index contributed by atoms with van der Waals surface area (Å²) in [5.74, 6) is -0.157. The predicted octanol–water partition coefficient (Wildman–Crippen LogP) is 6.64. The second kappa shape index (κ2) is 9.22. The number of anilines is 1. The summed E-state index contributed by atoms with van der Waals surface area (Å²) in [7, 11) is 0. The van der Waals surface area contributed by atoms with Gasteiger partial charge in [-0.15, -0.1) is 0 Å². The van der Waals surface area contributed by atoms with Crippen molar-refractivity contribution >= 4 is 34.4 Å². The van der Waals surface area contributed by atoms with Crippen LogP contribution in [0.5, 0.6) is 0 Å². The van der Waals surface area contributed by atoms with Crippen LogP contribution in [-0.2, 0) is 0 Å². The molecule has 0 fully saturated rings. The second-order valence-electron chi connectivity index (χ2n) is 9.22. The Bertz CT molecular complexity index is 1480. The number of benzene rings is 4. The number of fused-ring (bicyclic) bond motifs is 2. The first-order chi connectivity index (χ1) is 16.9. The van der Waals surface area contributed by atoms with Gasteiger partial charge < -0.3 is 10.6 Å². The average molecular weight is 461 g/mol. The first kappa shape index (κ1) is 22.6. The monoisotopic (exact) mass is 460 g/mol. The molecule has 4 aromatic rings. The van der Waals surface area contributed by atoms with E-state index >= 15 is 0 Å². The minimum absolute atomic E-state index is 0.0874. The number of carbonyl (C=O) groups is 2. The van der Waals surface area contributed by atoms with Gasteiger partial charge in [-0.25, -0.2) is 0 Å². The zero-order valence-electron chi connectivity index (χ0n) is 20.1. The molecule has 1 aliphatic carbocycles. The van der Waals surface area contributed by atoms with Crippen LogP contribution in [0.2, 0.25) is 0 Å². The summed E-state index contributed by atoms with van der Waals surface area (Å²) >= 11 is 0. The molecule has 174 valence electrons. The van der Waals surface area contributed by atoms with Crippen LogP contribution in [0.25, 0.3) is 16.8 Å². The first-order valence-corrected chi connectivity index (χ1v) is 11.9. The molecule has 0 heterocycles. The molecule has 0 bridgehead atoms. The number of nitrogens with one attached hydrogen (secondary N) is 2. The Hall–Kier alpha value is -4.18. The molecule has 0 spiro atoms. The lowest BCUT2D eigenvalue weighted by Gasteiger charge is -2.28. The summed E-state index contributed by atoms with van der Waals surface area (Å²) in [6.45, 7) is 6.00. The Kier molecular flexibility index (Phi) is 5.96. The highest BCUT2D eigenvalue weighted by Gasteiger charge is 2.24. The fraction of sp³-hybridized carbons (Fsp3) is 0.161. The van der Waals surface area contributed by atoms with Gasteiger partial charge in [0.1, 0.15) is 0 Å². The number of aryl methyl sites for hydroxylation is 2. The maximum atomic E-state index is 13.1. The van der Waals surface area contributed by atoms with Gasteiger partial charge in [0, 0.05) is 22.7 Å². The SMILES string of the molecule is Cc1cc(C(=O)Nc2ccc3ccccc3c2C)ccc1C(=O)NC1C=Cc2ccccc2C1C. The molecule has 2 N–H and O–H groups in total. The fourth-order valence-corrected chi connectivity index (χ4v) is 4.86. The molecule has 2 unspecified atom stereocenters. The quantitative estimate of drug-likeness (QED) is 0.359. The number of amides is 2. The molecular formula is C31H28N2O2. The Labute approximate surface area is 205 Å². The van der Waals surface area contributed by atoms with Crippen molar-refractivity contribution in [3.05, 3.63) is 118 Å². The molecule has 0 aromatic heterocycles. The normalized spacial score (nSPS) is 16.5. The molecule has 2 atom stereocenters. The number of hydrogen-bond donors (Lipinski definition) is 2. The summed E-state index contributed by atoms with van der Waals surface area (Å²) in [6, 6.07) is 25.4. The lowest BCUT2D eigenvalue weighted by Crippen LogP contribution is -2.38. The highest BCUT2D eigenvalue weighted by Crippen LogP contribution is 2.30. The van der Waals surface area contributed by atoms with Crippen molar-refractivity contribution in [2.45, 2.75) is 32.7 Å². The van der Waals surface area contributed by atoms with E-state index < -0.39 is 0 Å². The van der Waals surface area contributed by atoms with Gasteiger partial charge in [0.05, 0.1) is 6.04 Å². The van der Waals surface area contributed by atoms with Crippen molar-refractivity contribution in [3.8, 4) is 0 Å². The van der Waals surface area contributed by atoms with Crippen LogP contribution in [0.1, 0.15) is 55.8 Å². The van der Waals surface area contributed by atoms with Gasteiger partial charge in [-0.1, -0.05) is 73.7 Å². The first-order valence-electron chi connectivity index (χ1n) is 11.9. The lowest BCUT2D eigenvalue weighted by molar-refractivity contribution is 0.0938. The average Bonchev–Trinajstić information content (AvgIpc) is 2.87. The second-order valence-corrected chi connectivity index (χ2v) is 9.22. The van der Waals surface area contributed by atoms with E-state index in [-0.39, 0.29) is 23.8 Å². The van der Waals surface area contributed by atoms with Crippen LogP contribution in [0, 0.1) is 13.8 Å². The number of hydrogen-bond acceptors (Lipinski definition) is 2. The van der Waals surface area contributed by atoms with Gasteiger partial charge in [0.2, 0.25) is 0 Å². The van der Waals surface area contributed by atoms with Gasteiger partial charge >= 0.3 is 0 Å². The molecule has 0 saturated heterocycles. The number of rotatable bonds is 4. The van der Waals surface area contributed by atoms with E-state index in [1.807, 2.05) is 56.3 Å². The minimum Gasteiger partial charge on any atom is -0.345 e. The van der Waals surface area contributed by atoms with Gasteiger partial charge in [-0.2, -0.15) is 0 Å². The topological polar surface area (TPSA) is 58.2 Å². The standard InChI is InChI=1S/C31H28N2O2/c1-19-18-24(30(34)32-28-16-13-22-8-4-6-10-26(22)20(28)2)12-15-25(19)31(35)33-29-17-14-23-9-5-7-11-27(23)21(29)3/h4-18,21,29H,1-3H3,(H,32,34)(H,33,35). The summed E-state index contributed by atoms with van der Waals surface area (Å²) < 4.78 is 0. The summed E-state index contributed by atoms with van der Waals surface area (Å²) in [6.07, 6.45) is 4.11. The lowest BCUT2D eigenvalue weighted by atomic mass is 9.85. The van der Waals surface area contributed by atoms with E-state index in [9.17, 15) is 9.59 Å². The summed E-state index contributed by atoms with van der Waals surface area (Å²) in [5.41, 5.74) is 6.09. The molecule has 4 aromatic carbocycles. The van der Waals surface area contributed by atoms with Crippen molar-refractivity contribution in [3.63, 3.8) is 0 Å². The summed E-state index contributed by atoms with van der Waals surface area (Å²) in [5, 5.41) is 8.43. The molecule has 0 aliphatic heterocycles. The fourth-order valence-electron chi connectivity index (χ4n) is 4.86. The summed E-state index contributed by atoms with van der Waals surface area (Å²) in [4.78, 5) is 26.1. The van der Waals surface area contributed by atoms with E-state index in [2.05, 4.69) is 47.9 Å². The van der Waals surface area contributed by atoms with E-state index in [1.54, 1.807) is 18.2 Å². The minimum atomic E-state index is -0.195. The maximum absolute atomic E-state index is 13.1. The predicted molar refractivity (Wildman–Crippen MR) is 143 cm³/mol. The van der Waals surface area contributed by atoms with Crippen molar-refractivity contribution in [2.75, 3.05) is 5.32 Å². The Morgan fingerprint density at radius 1 is 0.829 bits per heavy atom. The largest absolute Gasteiger partial charge is 0.345 e. The molecule has 2 amide bonds. The molecule has 5 rings (SSSR count). The highest BCUT2D eigenvalue weighted by molar-refractivity contribution is 6.07. The number of carbonyl (C=O) groups excluding carboxylic acids is 2. The van der Waals surface area contributed by atoms with Crippen LogP contribution in [-0.4, -0.2) is 17.9 Å². The Balaban J connectivity index is 1.31. The zero-order chi connectivity index (χ0) is 24.5. The van der Waals surface area contributed by atoms with Gasteiger partial charge in [0.15, 0.2) is 0 Å². The Morgan fingerprint density at radius 3 is 2.43 bits per heavy atom. The van der Waals surface area contributed by atoms with Crippen LogP contribution >= 0.6 is 0 Å². The van der Waals surface area contributed by atoms with Crippen molar-refractivity contribution in [1.82, 2.24) is 5.32 Å². The maximum Gasteiger partial charge on any atom is 0.255 e. The highest BCUT2D eigenvalue weighted by atomic mass is 16.2. The van der Waals surface area contributed by atoms with Crippen LogP contribution < -0.4 is 10.6 Å². The van der Waals surface area contributed by atoms with E-state index in [0.717, 1.165) is 27.6 Å². The van der Waals surface area contributed by atoms with E-state index in [4.69, 9.17) is 0 Å². The third-order valence-electron chi connectivity index (χ3n) is 6.99. The smallest absolute Gasteiger partial charge is 0.255 e. The van der Waals surface area contributed by atoms with Crippen LogP contribution in [0.4, 0.5) is 5.69 Å². The molecule has 4 heteroatoms. The third-order valence-corrected chi connectivity index (χ3v) is 6.99. The van der Waals surface area contributed by atoms with Gasteiger partial charge in [0.25, 0.3) is 11.8 Å². The third kappa shape index (κ3) is 4.35. The molecular weight excluding hydrogens is 432 g/mol. The van der Waals surface area contributed by atoms with Crippen molar-refractivity contribution in [1.29, 1.82) is 0 Å². The zero-order valence-corrected chi connectivity index (χ0v) is 20.1. The van der Waals surface area contributed by atoms with Gasteiger partial charge in [-0.3, -0.25) is 9.59 Å². The van der Waals surface area contributed by atoms with E-state index in [1.165, 1.54) is 11.1 Å². The van der Waals surface area contributed by atoms with Crippen LogP contribution in [0.3, 0.4) is 0 Å². The van der Waals surface area contributed by atoms with Crippen molar-refractivity contribution in [2.24, 2.45) is 0 Å². The molecule has 4 nitrogen and oxygen atoms in total. The molecule has 1 aliphatic rings. The molecule has 0 saturated carbocycles.